The van der Waals surface area contributed by atoms with E-state index in [-0.39, 0.29) is 11.9 Å². The van der Waals surface area contributed by atoms with Crippen molar-refractivity contribution in [2.45, 2.75) is 33.2 Å². The number of hydrogen-bond donors (Lipinski definition) is 1. The number of benzene rings is 1. The van der Waals surface area contributed by atoms with Gasteiger partial charge >= 0.3 is 0 Å². The molecule has 112 valence electrons. The van der Waals surface area contributed by atoms with Crippen LogP contribution in [0.3, 0.4) is 0 Å². The maximum absolute atomic E-state index is 13.3. The van der Waals surface area contributed by atoms with Gasteiger partial charge in [0.15, 0.2) is 0 Å². The van der Waals surface area contributed by atoms with Crippen molar-refractivity contribution >= 4 is 15.9 Å². The standard InChI is InChI=1S/C17H20BrFN2/c1-4-20-17(14-7-5-11(2)21-12(14)3)10-13-6-8-16(19)15(18)9-13/h5-9,17,20H,4,10H2,1-3H3. The third-order valence-corrected chi connectivity index (χ3v) is 4.12. The van der Waals surface area contributed by atoms with Crippen molar-refractivity contribution in [1.82, 2.24) is 10.3 Å². The molecule has 21 heavy (non-hydrogen) atoms. The topological polar surface area (TPSA) is 24.9 Å². The van der Waals surface area contributed by atoms with E-state index in [4.69, 9.17) is 0 Å². The maximum atomic E-state index is 13.3. The van der Waals surface area contributed by atoms with E-state index in [0.717, 1.165) is 29.9 Å². The molecule has 1 unspecified atom stereocenters. The fraction of sp³-hybridized carbons (Fsp3) is 0.353. The van der Waals surface area contributed by atoms with Gasteiger partial charge < -0.3 is 5.32 Å². The van der Waals surface area contributed by atoms with Gasteiger partial charge in [0, 0.05) is 17.4 Å². The Hall–Kier alpha value is -1.26. The average Bonchev–Trinajstić information content (AvgIpc) is 2.42. The number of aryl methyl sites for hydroxylation is 2. The number of aromatic nitrogens is 1. The first kappa shape index (κ1) is 16.1. The lowest BCUT2D eigenvalue weighted by atomic mass is 9.97. The van der Waals surface area contributed by atoms with Gasteiger partial charge in [-0.15, -0.1) is 0 Å². The van der Waals surface area contributed by atoms with Crippen LogP contribution in [-0.2, 0) is 6.42 Å². The molecular weight excluding hydrogens is 331 g/mol. The predicted octanol–water partition coefficient (Wildman–Crippen LogP) is 4.49. The predicted molar refractivity (Wildman–Crippen MR) is 87.9 cm³/mol. The van der Waals surface area contributed by atoms with Gasteiger partial charge in [-0.3, -0.25) is 4.98 Å². The highest BCUT2D eigenvalue weighted by atomic mass is 79.9. The van der Waals surface area contributed by atoms with Gasteiger partial charge in [0.25, 0.3) is 0 Å². The van der Waals surface area contributed by atoms with Crippen molar-refractivity contribution in [1.29, 1.82) is 0 Å². The molecule has 0 spiro atoms. The summed E-state index contributed by atoms with van der Waals surface area (Å²) in [6.45, 7) is 6.99. The Balaban J connectivity index is 2.28. The van der Waals surface area contributed by atoms with Gasteiger partial charge in [0.1, 0.15) is 5.82 Å². The lowest BCUT2D eigenvalue weighted by Gasteiger charge is -2.20. The Kier molecular flexibility index (Phi) is 5.48. The third kappa shape index (κ3) is 4.11. The van der Waals surface area contributed by atoms with Crippen molar-refractivity contribution in [3.8, 4) is 0 Å². The summed E-state index contributed by atoms with van der Waals surface area (Å²) in [5, 5.41) is 3.49. The summed E-state index contributed by atoms with van der Waals surface area (Å²) in [6.07, 6.45) is 0.804. The Morgan fingerprint density at radius 3 is 2.62 bits per heavy atom. The Bertz CT molecular complexity index is 628. The van der Waals surface area contributed by atoms with Gasteiger partial charge in [0.2, 0.25) is 0 Å². The van der Waals surface area contributed by atoms with Gasteiger partial charge in [-0.2, -0.15) is 0 Å². The van der Waals surface area contributed by atoms with E-state index in [1.54, 1.807) is 0 Å². The molecule has 2 nitrogen and oxygen atoms in total. The van der Waals surface area contributed by atoms with Gasteiger partial charge in [0.05, 0.1) is 4.47 Å². The second kappa shape index (κ2) is 7.14. The summed E-state index contributed by atoms with van der Waals surface area (Å²) < 4.78 is 13.9. The van der Waals surface area contributed by atoms with Gasteiger partial charge in [-0.1, -0.05) is 19.1 Å². The van der Waals surface area contributed by atoms with Crippen molar-refractivity contribution < 1.29 is 4.39 Å². The van der Waals surface area contributed by atoms with Crippen LogP contribution in [0.2, 0.25) is 0 Å². The highest BCUT2D eigenvalue weighted by Gasteiger charge is 2.15. The van der Waals surface area contributed by atoms with E-state index >= 15 is 0 Å². The second-order valence-corrected chi connectivity index (χ2v) is 6.04. The van der Waals surface area contributed by atoms with Crippen LogP contribution < -0.4 is 5.32 Å². The first-order valence-electron chi connectivity index (χ1n) is 7.12. The van der Waals surface area contributed by atoms with Crippen molar-refractivity contribution in [2.24, 2.45) is 0 Å². The summed E-state index contributed by atoms with van der Waals surface area (Å²) in [7, 11) is 0. The quantitative estimate of drug-likeness (QED) is 0.858. The molecule has 0 saturated carbocycles. The minimum absolute atomic E-state index is 0.181. The molecule has 1 N–H and O–H groups in total. The number of nitrogens with zero attached hydrogens (tertiary/aromatic N) is 1. The normalized spacial score (nSPS) is 12.4. The third-order valence-electron chi connectivity index (χ3n) is 3.52. The Labute approximate surface area is 133 Å². The number of rotatable bonds is 5. The number of pyridine rings is 1. The van der Waals surface area contributed by atoms with Crippen LogP contribution in [0, 0.1) is 19.7 Å². The van der Waals surface area contributed by atoms with Crippen LogP contribution in [0.5, 0.6) is 0 Å². The molecule has 0 fully saturated rings. The molecular formula is C17H20BrFN2. The average molecular weight is 351 g/mol. The Morgan fingerprint density at radius 2 is 2.00 bits per heavy atom. The van der Waals surface area contributed by atoms with E-state index in [9.17, 15) is 4.39 Å². The van der Waals surface area contributed by atoms with Crippen molar-refractivity contribution in [3.63, 3.8) is 0 Å². The largest absolute Gasteiger partial charge is 0.310 e. The molecule has 0 aliphatic heterocycles. The molecule has 4 heteroatoms. The van der Waals surface area contributed by atoms with E-state index in [0.29, 0.717) is 4.47 Å². The summed E-state index contributed by atoms with van der Waals surface area (Å²) in [5.41, 5.74) is 4.36. The molecule has 0 aliphatic rings. The molecule has 2 rings (SSSR count). The summed E-state index contributed by atoms with van der Waals surface area (Å²) >= 11 is 3.25. The van der Waals surface area contributed by atoms with Gasteiger partial charge in [-0.25, -0.2) is 4.39 Å². The molecule has 1 heterocycles. The van der Waals surface area contributed by atoms with Crippen LogP contribution in [0.4, 0.5) is 4.39 Å². The van der Waals surface area contributed by atoms with E-state index < -0.39 is 0 Å². The lowest BCUT2D eigenvalue weighted by molar-refractivity contribution is 0.543. The minimum atomic E-state index is -0.230. The fourth-order valence-corrected chi connectivity index (χ4v) is 2.93. The van der Waals surface area contributed by atoms with E-state index in [1.807, 2.05) is 32.0 Å². The molecule has 2 aromatic rings. The maximum Gasteiger partial charge on any atom is 0.137 e. The first-order chi connectivity index (χ1) is 10.0. The number of hydrogen-bond acceptors (Lipinski definition) is 2. The molecule has 1 atom stereocenters. The summed E-state index contributed by atoms with van der Waals surface area (Å²) in [4.78, 5) is 4.54. The zero-order chi connectivity index (χ0) is 15.4. The highest BCUT2D eigenvalue weighted by Crippen LogP contribution is 2.24. The van der Waals surface area contributed by atoms with Crippen molar-refractivity contribution in [3.05, 3.63) is 63.1 Å². The molecule has 0 amide bonds. The van der Waals surface area contributed by atoms with Gasteiger partial charge in [-0.05, 0) is 72.1 Å². The molecule has 0 aliphatic carbocycles. The van der Waals surface area contributed by atoms with Crippen LogP contribution in [-0.4, -0.2) is 11.5 Å². The first-order valence-corrected chi connectivity index (χ1v) is 7.92. The molecule has 0 radical (unpaired) electrons. The second-order valence-electron chi connectivity index (χ2n) is 5.19. The minimum Gasteiger partial charge on any atom is -0.310 e. The fourth-order valence-electron chi connectivity index (χ4n) is 2.51. The zero-order valence-corrected chi connectivity index (χ0v) is 14.2. The molecule has 1 aromatic heterocycles. The Morgan fingerprint density at radius 1 is 1.24 bits per heavy atom. The highest BCUT2D eigenvalue weighted by molar-refractivity contribution is 9.10. The van der Waals surface area contributed by atoms with Crippen molar-refractivity contribution in [2.75, 3.05) is 6.54 Å². The van der Waals surface area contributed by atoms with Crippen LogP contribution >= 0.6 is 15.9 Å². The molecule has 1 aromatic carbocycles. The van der Waals surface area contributed by atoms with Crippen LogP contribution in [0.15, 0.2) is 34.8 Å². The summed E-state index contributed by atoms with van der Waals surface area (Å²) in [6, 6.07) is 9.53. The monoisotopic (exact) mass is 350 g/mol. The SMILES string of the molecule is CCNC(Cc1ccc(F)c(Br)c1)c1ccc(C)nc1C. The number of nitrogens with one attached hydrogen (secondary N) is 1. The lowest BCUT2D eigenvalue weighted by Crippen LogP contribution is -2.24. The molecule has 0 bridgehead atoms. The number of halogens is 2. The number of likely N-dealkylation sites (N-methyl/N-ethyl adjacent to an activating group) is 1. The van der Waals surface area contributed by atoms with Crippen LogP contribution in [0.1, 0.15) is 35.5 Å². The summed E-state index contributed by atoms with van der Waals surface area (Å²) in [5.74, 6) is -0.230. The van der Waals surface area contributed by atoms with E-state index in [1.165, 1.54) is 11.6 Å². The van der Waals surface area contributed by atoms with Crippen LogP contribution in [0.25, 0.3) is 0 Å². The zero-order valence-electron chi connectivity index (χ0n) is 12.6. The molecule has 0 saturated heterocycles. The smallest absolute Gasteiger partial charge is 0.137 e. The van der Waals surface area contributed by atoms with E-state index in [2.05, 4.69) is 39.2 Å².